The number of rotatable bonds is 6. The number of anilines is 2. The molecule has 5 nitrogen and oxygen atoms in total. The molecule has 2 N–H and O–H groups in total. The lowest BCUT2D eigenvalue weighted by molar-refractivity contribution is -0.115. The van der Waals surface area contributed by atoms with Gasteiger partial charge in [0.05, 0.1) is 16.6 Å². The third-order valence-corrected chi connectivity index (χ3v) is 10.5. The highest BCUT2D eigenvalue weighted by molar-refractivity contribution is 8.45. The molecule has 0 saturated heterocycles. The van der Waals surface area contributed by atoms with Crippen molar-refractivity contribution >= 4 is 37.3 Å². The van der Waals surface area contributed by atoms with Crippen LogP contribution in [0.4, 0.5) is 30.8 Å². The van der Waals surface area contributed by atoms with E-state index in [0.29, 0.717) is 44.2 Å². The van der Waals surface area contributed by atoms with Crippen molar-refractivity contribution in [1.29, 1.82) is 0 Å². The van der Waals surface area contributed by atoms with E-state index in [4.69, 9.17) is 0 Å². The molecule has 2 aliphatic rings. The Balaban J connectivity index is 1.21. The smallest absolute Gasteiger partial charge is 0.310 e. The van der Waals surface area contributed by atoms with E-state index in [1.807, 2.05) is 18.2 Å². The van der Waals surface area contributed by atoms with E-state index in [1.54, 1.807) is 24.3 Å². The molecule has 0 atom stereocenters. The SMILES string of the molecule is O=C1Cc2cc(-c3ccc(S(=O)(=O)C4CCC(Nc5ccc(S(F)(F)(F)(F)F)cc5)CC4)cc3)ccc2N1. The van der Waals surface area contributed by atoms with Crippen molar-refractivity contribution in [3.8, 4) is 11.1 Å². The zero-order valence-corrected chi connectivity index (χ0v) is 21.6. The van der Waals surface area contributed by atoms with Crippen LogP contribution < -0.4 is 10.6 Å². The first-order chi connectivity index (χ1) is 17.6. The number of nitrogens with one attached hydrogen (secondary N) is 2. The van der Waals surface area contributed by atoms with E-state index >= 15 is 0 Å². The summed E-state index contributed by atoms with van der Waals surface area (Å²) in [5, 5.41) is 5.20. The third kappa shape index (κ3) is 5.51. The van der Waals surface area contributed by atoms with Crippen molar-refractivity contribution < 1.29 is 32.6 Å². The number of halogens is 5. The predicted molar refractivity (Wildman–Crippen MR) is 139 cm³/mol. The largest absolute Gasteiger partial charge is 0.382 e. The van der Waals surface area contributed by atoms with Crippen molar-refractivity contribution in [3.63, 3.8) is 0 Å². The molecule has 38 heavy (non-hydrogen) atoms. The normalized spacial score (nSPS) is 21.7. The van der Waals surface area contributed by atoms with Crippen molar-refractivity contribution in [3.05, 3.63) is 72.3 Å². The number of fused-ring (bicyclic) bond motifs is 1. The number of hydrogen-bond acceptors (Lipinski definition) is 4. The molecule has 0 radical (unpaired) electrons. The summed E-state index contributed by atoms with van der Waals surface area (Å²) < 4.78 is 91.0. The van der Waals surface area contributed by atoms with E-state index in [-0.39, 0.29) is 22.5 Å². The van der Waals surface area contributed by atoms with Gasteiger partial charge in [0.25, 0.3) is 0 Å². The first-order valence-electron chi connectivity index (χ1n) is 12.0. The van der Waals surface area contributed by atoms with Gasteiger partial charge < -0.3 is 10.6 Å². The van der Waals surface area contributed by atoms with Crippen LogP contribution in [0.3, 0.4) is 0 Å². The van der Waals surface area contributed by atoms with Gasteiger partial charge in [-0.1, -0.05) is 37.6 Å². The van der Waals surface area contributed by atoms with Gasteiger partial charge in [0.2, 0.25) is 5.91 Å². The van der Waals surface area contributed by atoms with Gasteiger partial charge in [-0.3, -0.25) is 4.79 Å². The highest BCUT2D eigenvalue weighted by Crippen LogP contribution is 3.02. The summed E-state index contributed by atoms with van der Waals surface area (Å²) in [4.78, 5) is 9.85. The summed E-state index contributed by atoms with van der Waals surface area (Å²) in [6.07, 6.45) is 1.96. The lowest BCUT2D eigenvalue weighted by Gasteiger charge is -2.40. The lowest BCUT2D eigenvalue weighted by Crippen LogP contribution is -2.32. The number of carbonyl (C=O) groups excluding carboxylic acids is 1. The van der Waals surface area contributed by atoms with Crippen LogP contribution >= 0.6 is 10.2 Å². The number of benzene rings is 3. The molecule has 1 saturated carbocycles. The van der Waals surface area contributed by atoms with Gasteiger partial charge in [-0.15, -0.1) is 0 Å². The Morgan fingerprint density at radius 3 is 2.00 bits per heavy atom. The highest BCUT2D eigenvalue weighted by Gasteiger charge is 2.65. The summed E-state index contributed by atoms with van der Waals surface area (Å²) in [6.45, 7) is 0. The van der Waals surface area contributed by atoms with Gasteiger partial charge in [-0.2, -0.15) is 0 Å². The molecular weight excluding hydrogens is 547 g/mol. The van der Waals surface area contributed by atoms with Crippen LogP contribution in [-0.2, 0) is 21.1 Å². The molecule has 12 heteroatoms. The standard InChI is InChI=1S/C26H25F5N2O3S2/c27-38(28,29,30,31)24-12-6-21(7-13-24)32-20-4-10-23(11-5-20)37(35,36)22-8-1-17(2-9-22)18-3-14-25-19(15-18)16-26(34)33-25/h1-3,6-9,12-15,20,23,32H,4-5,10-11,16H2,(H,33,34). The number of sulfone groups is 1. The minimum atomic E-state index is -9.72. The molecule has 0 spiro atoms. The van der Waals surface area contributed by atoms with Crippen LogP contribution in [0.15, 0.2) is 76.5 Å². The van der Waals surface area contributed by atoms with Crippen LogP contribution in [0.1, 0.15) is 31.2 Å². The molecule has 3 aromatic carbocycles. The molecule has 1 fully saturated rings. The van der Waals surface area contributed by atoms with Gasteiger partial charge in [0.1, 0.15) is 4.90 Å². The zero-order chi connectivity index (χ0) is 27.4. The van der Waals surface area contributed by atoms with Gasteiger partial charge in [0.15, 0.2) is 9.84 Å². The summed E-state index contributed by atoms with van der Waals surface area (Å²) in [7, 11) is -13.3. The minimum Gasteiger partial charge on any atom is -0.382 e. The van der Waals surface area contributed by atoms with Crippen molar-refractivity contribution in [2.45, 2.75) is 53.2 Å². The van der Waals surface area contributed by atoms with Crippen LogP contribution in [0.25, 0.3) is 11.1 Å². The van der Waals surface area contributed by atoms with E-state index in [0.717, 1.165) is 34.5 Å². The topological polar surface area (TPSA) is 75.3 Å². The molecule has 3 aromatic rings. The second-order valence-electron chi connectivity index (χ2n) is 9.78. The molecule has 1 amide bonds. The average molecular weight is 573 g/mol. The lowest BCUT2D eigenvalue weighted by atomic mass is 9.95. The average Bonchev–Trinajstić information content (AvgIpc) is 3.22. The van der Waals surface area contributed by atoms with Gasteiger partial charge in [-0.25, -0.2) is 8.42 Å². The molecule has 0 aromatic heterocycles. The second-order valence-corrected chi connectivity index (χ2v) is 14.4. The summed E-state index contributed by atoms with van der Waals surface area (Å²) in [6, 6.07) is 14.7. The Morgan fingerprint density at radius 1 is 0.789 bits per heavy atom. The zero-order valence-electron chi connectivity index (χ0n) is 20.0. The van der Waals surface area contributed by atoms with E-state index < -0.39 is 30.2 Å². The first kappa shape index (κ1) is 26.5. The van der Waals surface area contributed by atoms with Gasteiger partial charge in [-0.05, 0) is 90.9 Å². The van der Waals surface area contributed by atoms with E-state index in [1.165, 1.54) is 0 Å². The number of amides is 1. The number of hydrogen-bond donors (Lipinski definition) is 2. The van der Waals surface area contributed by atoms with Crippen molar-refractivity contribution in [2.75, 3.05) is 10.6 Å². The third-order valence-electron chi connectivity index (χ3n) is 7.03. The summed E-state index contributed by atoms with van der Waals surface area (Å²) in [5.41, 5.74) is 3.65. The van der Waals surface area contributed by atoms with E-state index in [2.05, 4.69) is 10.6 Å². The molecule has 1 aliphatic heterocycles. The second kappa shape index (κ2) is 8.44. The summed E-state index contributed by atoms with van der Waals surface area (Å²) in [5.74, 6) is -0.0615. The van der Waals surface area contributed by atoms with Crippen molar-refractivity contribution in [2.24, 2.45) is 0 Å². The van der Waals surface area contributed by atoms with Gasteiger partial charge >= 0.3 is 10.2 Å². The molecule has 204 valence electrons. The van der Waals surface area contributed by atoms with Gasteiger partial charge in [0, 0.05) is 17.4 Å². The molecule has 1 heterocycles. The minimum absolute atomic E-state index is 0.0615. The first-order valence-corrected chi connectivity index (χ1v) is 15.5. The summed E-state index contributed by atoms with van der Waals surface area (Å²) >= 11 is 0. The Labute approximate surface area is 217 Å². The fourth-order valence-electron chi connectivity index (χ4n) is 5.00. The van der Waals surface area contributed by atoms with Crippen LogP contribution in [0.2, 0.25) is 0 Å². The fourth-order valence-corrected chi connectivity index (χ4v) is 7.44. The monoisotopic (exact) mass is 572 g/mol. The Morgan fingerprint density at radius 2 is 1.39 bits per heavy atom. The maximum atomic E-state index is 13.2. The van der Waals surface area contributed by atoms with Crippen LogP contribution in [0, 0.1) is 0 Å². The van der Waals surface area contributed by atoms with E-state index in [9.17, 15) is 32.6 Å². The van der Waals surface area contributed by atoms with Crippen LogP contribution in [-0.4, -0.2) is 25.6 Å². The molecule has 1 aliphatic carbocycles. The Hall–Kier alpha value is -3.12. The molecular formula is C26H25F5N2O3S2. The van der Waals surface area contributed by atoms with Crippen LogP contribution in [0.5, 0.6) is 0 Å². The Bertz CT molecular complexity index is 1500. The Kier molecular flexibility index (Phi) is 5.88. The highest BCUT2D eigenvalue weighted by atomic mass is 32.5. The quantitative estimate of drug-likeness (QED) is 0.297. The van der Waals surface area contributed by atoms with Crippen molar-refractivity contribution in [1.82, 2.24) is 0 Å². The molecule has 0 unspecified atom stereocenters. The maximum absolute atomic E-state index is 13.2. The number of carbonyl (C=O) groups is 1. The predicted octanol–water partition coefficient (Wildman–Crippen LogP) is 7.70. The maximum Gasteiger partial charge on any atom is 0.310 e. The molecule has 5 rings (SSSR count). The fraction of sp³-hybridized carbons (Fsp3) is 0.269. The molecule has 0 bridgehead atoms.